The number of hydrogen-bond donors (Lipinski definition) is 1. The van der Waals surface area contributed by atoms with Crippen LogP contribution in [0.3, 0.4) is 0 Å². The quantitative estimate of drug-likeness (QED) is 0.827. The molecule has 2 rings (SSSR count). The summed E-state index contributed by atoms with van der Waals surface area (Å²) in [6.45, 7) is 2.50. The maximum absolute atomic E-state index is 11.8. The standard InChI is InChI=1S/C16H16N2O2S/c1-12-4-2-5-14(10-12)20-8-3-6-15(19)18-16-13(11-17)7-9-21-16/h2,4-5,7,9-10H,3,6,8H2,1H3,(H,18,19). The number of carbonyl (C=O) groups excluding carboxylic acids is 1. The highest BCUT2D eigenvalue weighted by atomic mass is 32.1. The highest BCUT2D eigenvalue weighted by Gasteiger charge is 2.07. The Bertz CT molecular complexity index is 658. The summed E-state index contributed by atoms with van der Waals surface area (Å²) in [6, 6.07) is 11.6. The van der Waals surface area contributed by atoms with Crippen LogP contribution in [0.15, 0.2) is 35.7 Å². The Kier molecular flexibility index (Phi) is 5.35. The fraction of sp³-hybridized carbons (Fsp3) is 0.250. The largest absolute Gasteiger partial charge is 0.494 e. The number of amides is 1. The molecule has 108 valence electrons. The van der Waals surface area contributed by atoms with E-state index in [2.05, 4.69) is 5.32 Å². The van der Waals surface area contributed by atoms with Crippen LogP contribution >= 0.6 is 11.3 Å². The second kappa shape index (κ2) is 7.46. The summed E-state index contributed by atoms with van der Waals surface area (Å²) in [5.41, 5.74) is 1.65. The van der Waals surface area contributed by atoms with Gasteiger partial charge in [0.2, 0.25) is 5.91 Å². The van der Waals surface area contributed by atoms with Gasteiger partial charge in [-0.05, 0) is 42.5 Å². The monoisotopic (exact) mass is 300 g/mol. The van der Waals surface area contributed by atoms with E-state index in [-0.39, 0.29) is 5.91 Å². The van der Waals surface area contributed by atoms with Crippen molar-refractivity contribution in [1.29, 1.82) is 5.26 Å². The van der Waals surface area contributed by atoms with Gasteiger partial charge in [0.15, 0.2) is 0 Å². The molecule has 5 heteroatoms. The molecular weight excluding hydrogens is 284 g/mol. The first-order valence-corrected chi connectivity index (χ1v) is 7.54. The molecule has 0 unspecified atom stereocenters. The van der Waals surface area contributed by atoms with Crippen molar-refractivity contribution in [3.8, 4) is 11.8 Å². The Morgan fingerprint density at radius 2 is 2.29 bits per heavy atom. The van der Waals surface area contributed by atoms with E-state index in [1.165, 1.54) is 11.3 Å². The number of nitriles is 1. The van der Waals surface area contributed by atoms with Gasteiger partial charge in [0.05, 0.1) is 12.2 Å². The van der Waals surface area contributed by atoms with Gasteiger partial charge in [0.1, 0.15) is 16.8 Å². The van der Waals surface area contributed by atoms with Crippen LogP contribution in [-0.2, 0) is 4.79 Å². The predicted molar refractivity (Wildman–Crippen MR) is 83.6 cm³/mol. The summed E-state index contributed by atoms with van der Waals surface area (Å²) in [6.07, 6.45) is 1.00. The highest BCUT2D eigenvalue weighted by molar-refractivity contribution is 7.14. The second-order valence-corrected chi connectivity index (χ2v) is 5.51. The average Bonchev–Trinajstić information content (AvgIpc) is 2.91. The molecule has 0 bridgehead atoms. The first-order valence-electron chi connectivity index (χ1n) is 6.66. The lowest BCUT2D eigenvalue weighted by Crippen LogP contribution is -2.12. The molecule has 0 saturated carbocycles. The van der Waals surface area contributed by atoms with E-state index in [4.69, 9.17) is 10.00 Å². The minimum absolute atomic E-state index is 0.0956. The van der Waals surface area contributed by atoms with Crippen molar-refractivity contribution in [2.24, 2.45) is 0 Å². The molecule has 0 atom stereocenters. The van der Waals surface area contributed by atoms with Crippen molar-refractivity contribution >= 4 is 22.2 Å². The van der Waals surface area contributed by atoms with E-state index in [0.717, 1.165) is 11.3 Å². The van der Waals surface area contributed by atoms with Gasteiger partial charge in [0.25, 0.3) is 0 Å². The third-order valence-electron chi connectivity index (χ3n) is 2.85. The van der Waals surface area contributed by atoms with Crippen LogP contribution in [0.25, 0.3) is 0 Å². The van der Waals surface area contributed by atoms with E-state index in [0.29, 0.717) is 30.0 Å². The first kappa shape index (κ1) is 15.1. The maximum Gasteiger partial charge on any atom is 0.225 e. The molecule has 0 aliphatic rings. The van der Waals surface area contributed by atoms with Gasteiger partial charge < -0.3 is 10.1 Å². The van der Waals surface area contributed by atoms with Crippen LogP contribution in [0, 0.1) is 18.3 Å². The number of hydrogen-bond acceptors (Lipinski definition) is 4. The van der Waals surface area contributed by atoms with Crippen molar-refractivity contribution in [2.45, 2.75) is 19.8 Å². The number of thiophene rings is 1. The molecule has 0 spiro atoms. The van der Waals surface area contributed by atoms with Gasteiger partial charge >= 0.3 is 0 Å². The number of nitrogens with one attached hydrogen (secondary N) is 1. The third-order valence-corrected chi connectivity index (χ3v) is 3.67. The number of benzene rings is 1. The van der Waals surface area contributed by atoms with E-state index in [1.54, 1.807) is 11.4 Å². The van der Waals surface area contributed by atoms with E-state index in [1.807, 2.05) is 37.3 Å². The van der Waals surface area contributed by atoms with Crippen molar-refractivity contribution in [3.63, 3.8) is 0 Å². The predicted octanol–water partition coefficient (Wildman–Crippen LogP) is 3.73. The van der Waals surface area contributed by atoms with Crippen LogP contribution in [0.1, 0.15) is 24.0 Å². The van der Waals surface area contributed by atoms with E-state index < -0.39 is 0 Å². The summed E-state index contributed by atoms with van der Waals surface area (Å²) in [5.74, 6) is 0.724. The van der Waals surface area contributed by atoms with Gasteiger partial charge in [0, 0.05) is 6.42 Å². The molecule has 1 heterocycles. The van der Waals surface area contributed by atoms with Gasteiger partial charge in [-0.1, -0.05) is 12.1 Å². The molecule has 0 fully saturated rings. The fourth-order valence-corrected chi connectivity index (χ4v) is 2.56. The van der Waals surface area contributed by atoms with E-state index in [9.17, 15) is 4.79 Å². The summed E-state index contributed by atoms with van der Waals surface area (Å²) in [4.78, 5) is 11.8. The lowest BCUT2D eigenvalue weighted by Gasteiger charge is -2.07. The third kappa shape index (κ3) is 4.62. The summed E-state index contributed by atoms with van der Waals surface area (Å²) in [5, 5.41) is 14.0. The molecule has 0 aliphatic heterocycles. The van der Waals surface area contributed by atoms with Crippen molar-refractivity contribution in [2.75, 3.05) is 11.9 Å². The van der Waals surface area contributed by atoms with E-state index >= 15 is 0 Å². The highest BCUT2D eigenvalue weighted by Crippen LogP contribution is 2.22. The zero-order chi connectivity index (χ0) is 15.1. The second-order valence-electron chi connectivity index (χ2n) is 4.59. The number of rotatable bonds is 6. The van der Waals surface area contributed by atoms with Crippen LogP contribution < -0.4 is 10.1 Å². The summed E-state index contributed by atoms with van der Waals surface area (Å²) >= 11 is 1.35. The Labute approximate surface area is 128 Å². The molecule has 4 nitrogen and oxygen atoms in total. The topological polar surface area (TPSA) is 62.1 Å². The molecule has 1 aromatic carbocycles. The van der Waals surface area contributed by atoms with Crippen molar-refractivity contribution in [1.82, 2.24) is 0 Å². The number of ether oxygens (including phenoxy) is 1. The Morgan fingerprint density at radius 3 is 3.05 bits per heavy atom. The zero-order valence-electron chi connectivity index (χ0n) is 11.8. The molecule has 0 radical (unpaired) electrons. The molecule has 1 amide bonds. The van der Waals surface area contributed by atoms with Gasteiger partial charge in [-0.2, -0.15) is 5.26 Å². The molecule has 1 N–H and O–H groups in total. The van der Waals surface area contributed by atoms with Crippen molar-refractivity contribution < 1.29 is 9.53 Å². The number of anilines is 1. The summed E-state index contributed by atoms with van der Waals surface area (Å²) < 4.78 is 5.59. The molecule has 21 heavy (non-hydrogen) atoms. The zero-order valence-corrected chi connectivity index (χ0v) is 12.6. The van der Waals surface area contributed by atoms with Crippen LogP contribution in [0.4, 0.5) is 5.00 Å². The lowest BCUT2D eigenvalue weighted by molar-refractivity contribution is -0.116. The van der Waals surface area contributed by atoms with Crippen LogP contribution in [0.5, 0.6) is 5.75 Å². The number of nitrogens with zero attached hydrogens (tertiary/aromatic N) is 1. The number of carbonyl (C=O) groups is 1. The fourth-order valence-electron chi connectivity index (χ4n) is 1.81. The van der Waals surface area contributed by atoms with Crippen LogP contribution in [0.2, 0.25) is 0 Å². The van der Waals surface area contributed by atoms with Gasteiger partial charge in [-0.3, -0.25) is 4.79 Å². The Hall–Kier alpha value is -2.32. The number of aryl methyl sites for hydroxylation is 1. The summed E-state index contributed by atoms with van der Waals surface area (Å²) in [7, 11) is 0. The molecule has 2 aromatic rings. The minimum atomic E-state index is -0.0956. The lowest BCUT2D eigenvalue weighted by atomic mass is 10.2. The molecular formula is C16H16N2O2S. The smallest absolute Gasteiger partial charge is 0.225 e. The maximum atomic E-state index is 11.8. The average molecular weight is 300 g/mol. The van der Waals surface area contributed by atoms with Crippen molar-refractivity contribution in [3.05, 3.63) is 46.8 Å². The Balaban J connectivity index is 1.71. The molecule has 0 aliphatic carbocycles. The minimum Gasteiger partial charge on any atom is -0.494 e. The SMILES string of the molecule is Cc1cccc(OCCCC(=O)Nc2sccc2C#N)c1. The molecule has 1 aromatic heterocycles. The van der Waals surface area contributed by atoms with Crippen LogP contribution in [-0.4, -0.2) is 12.5 Å². The van der Waals surface area contributed by atoms with Gasteiger partial charge in [-0.25, -0.2) is 0 Å². The molecule has 0 saturated heterocycles. The van der Waals surface area contributed by atoms with Gasteiger partial charge in [-0.15, -0.1) is 11.3 Å². The normalized spacial score (nSPS) is 9.90. The first-order chi connectivity index (χ1) is 10.2. The Morgan fingerprint density at radius 1 is 1.43 bits per heavy atom.